The van der Waals surface area contributed by atoms with Crippen LogP contribution in [0.15, 0.2) is 0 Å². The lowest BCUT2D eigenvalue weighted by molar-refractivity contribution is 0.00129. The lowest BCUT2D eigenvalue weighted by Gasteiger charge is -2.28. The van der Waals surface area contributed by atoms with E-state index in [1.807, 2.05) is 0 Å². The predicted molar refractivity (Wildman–Crippen MR) is 87.3 cm³/mol. The number of imide groups is 1. The Hall–Kier alpha value is -0.530. The van der Waals surface area contributed by atoms with Crippen LogP contribution < -0.4 is 0 Å². The molecule has 0 saturated carbocycles. The van der Waals surface area contributed by atoms with E-state index in [2.05, 4.69) is 22.6 Å². The molecule has 0 aliphatic heterocycles. The fraction of sp³-hybridized carbons (Fsp3) is 0.857. The van der Waals surface area contributed by atoms with Crippen molar-refractivity contribution >= 4 is 34.8 Å². The maximum absolute atomic E-state index is 12.1. The van der Waals surface area contributed by atoms with Gasteiger partial charge in [0.2, 0.25) is 0 Å². The molecule has 0 atom stereocenters. The minimum atomic E-state index is -0.653. The lowest BCUT2D eigenvalue weighted by Crippen LogP contribution is -2.44. The highest BCUT2D eigenvalue weighted by Gasteiger charge is 2.30. The van der Waals surface area contributed by atoms with Gasteiger partial charge in [-0.3, -0.25) is 0 Å². The Morgan fingerprint density at radius 1 is 0.900 bits per heavy atom. The molecule has 2 amide bonds. The van der Waals surface area contributed by atoms with Crippen LogP contribution in [0.1, 0.15) is 54.4 Å². The molecular formula is C14H26INO4. The largest absolute Gasteiger partial charge is 0.443 e. The second kappa shape index (κ2) is 8.05. The van der Waals surface area contributed by atoms with Gasteiger partial charge in [-0.25, -0.2) is 14.5 Å². The second-order valence-corrected chi connectivity index (χ2v) is 7.59. The minimum absolute atomic E-state index is 0.312. The van der Waals surface area contributed by atoms with Crippen molar-refractivity contribution < 1.29 is 19.1 Å². The number of alkyl halides is 1. The molecule has 6 heteroatoms. The summed E-state index contributed by atoms with van der Waals surface area (Å²) >= 11 is 2.26. The average molecular weight is 399 g/mol. The number of unbranched alkanes of at least 4 members (excludes halogenated alkanes) is 1. The Labute approximate surface area is 135 Å². The number of hydrogen-bond acceptors (Lipinski definition) is 4. The summed E-state index contributed by atoms with van der Waals surface area (Å²) in [4.78, 5) is 25.2. The third kappa shape index (κ3) is 9.39. The third-order valence-electron chi connectivity index (χ3n) is 1.99. The van der Waals surface area contributed by atoms with Crippen molar-refractivity contribution in [2.45, 2.75) is 65.6 Å². The molecule has 0 spiro atoms. The van der Waals surface area contributed by atoms with E-state index in [1.54, 1.807) is 41.5 Å². The van der Waals surface area contributed by atoms with Gasteiger partial charge in [0, 0.05) is 6.54 Å². The molecule has 0 radical (unpaired) electrons. The van der Waals surface area contributed by atoms with Crippen molar-refractivity contribution in [3.8, 4) is 0 Å². The van der Waals surface area contributed by atoms with E-state index in [4.69, 9.17) is 9.47 Å². The Morgan fingerprint density at radius 2 is 1.30 bits per heavy atom. The van der Waals surface area contributed by atoms with Crippen LogP contribution in [-0.4, -0.2) is 39.3 Å². The van der Waals surface area contributed by atoms with Gasteiger partial charge in [0.25, 0.3) is 0 Å². The molecule has 0 rings (SSSR count). The zero-order valence-corrected chi connectivity index (χ0v) is 15.4. The lowest BCUT2D eigenvalue weighted by atomic mass is 10.2. The van der Waals surface area contributed by atoms with Crippen LogP contribution in [0.25, 0.3) is 0 Å². The van der Waals surface area contributed by atoms with Gasteiger partial charge in [0.05, 0.1) is 0 Å². The molecule has 118 valence electrons. The molecule has 0 N–H and O–H groups in total. The Balaban J connectivity index is 4.79. The summed E-state index contributed by atoms with van der Waals surface area (Å²) in [6, 6.07) is 0. The van der Waals surface area contributed by atoms with Crippen LogP contribution in [0.5, 0.6) is 0 Å². The van der Waals surface area contributed by atoms with Crippen LogP contribution in [-0.2, 0) is 9.47 Å². The first-order valence-corrected chi connectivity index (χ1v) is 8.28. The Kier molecular flexibility index (Phi) is 7.83. The number of halogens is 1. The number of amides is 2. The number of hydrogen-bond donors (Lipinski definition) is 0. The van der Waals surface area contributed by atoms with Gasteiger partial charge >= 0.3 is 12.2 Å². The fourth-order valence-electron chi connectivity index (χ4n) is 1.26. The van der Waals surface area contributed by atoms with Gasteiger partial charge < -0.3 is 9.47 Å². The first-order valence-electron chi connectivity index (χ1n) is 6.76. The molecule has 0 aromatic carbocycles. The Morgan fingerprint density at radius 3 is 1.60 bits per heavy atom. The molecular weight excluding hydrogens is 373 g/mol. The summed E-state index contributed by atoms with van der Waals surface area (Å²) in [7, 11) is 0. The van der Waals surface area contributed by atoms with Crippen LogP contribution >= 0.6 is 22.6 Å². The molecule has 0 aliphatic rings. The number of carbonyl (C=O) groups excluding carboxylic acids is 2. The van der Waals surface area contributed by atoms with Gasteiger partial charge in [0.15, 0.2) is 0 Å². The van der Waals surface area contributed by atoms with E-state index in [0.717, 1.165) is 22.2 Å². The van der Waals surface area contributed by atoms with Crippen LogP contribution in [0, 0.1) is 0 Å². The van der Waals surface area contributed by atoms with Crippen LogP contribution in [0.3, 0.4) is 0 Å². The monoisotopic (exact) mass is 399 g/mol. The van der Waals surface area contributed by atoms with Crippen molar-refractivity contribution in [2.75, 3.05) is 11.0 Å². The van der Waals surface area contributed by atoms with E-state index in [0.29, 0.717) is 6.54 Å². The minimum Gasteiger partial charge on any atom is -0.443 e. The molecule has 0 unspecified atom stereocenters. The SMILES string of the molecule is CC(C)(C)OC(=O)N(CCCCI)C(=O)OC(C)(C)C. The summed E-state index contributed by atoms with van der Waals surface area (Å²) in [5, 5.41) is 0. The van der Waals surface area contributed by atoms with Crippen molar-refractivity contribution in [1.82, 2.24) is 4.90 Å². The van der Waals surface area contributed by atoms with Crippen molar-refractivity contribution in [3.05, 3.63) is 0 Å². The first kappa shape index (κ1) is 19.5. The van der Waals surface area contributed by atoms with Crippen molar-refractivity contribution in [3.63, 3.8) is 0 Å². The smallest absolute Gasteiger partial charge is 0.419 e. The van der Waals surface area contributed by atoms with Gasteiger partial charge in [-0.15, -0.1) is 0 Å². The maximum atomic E-state index is 12.1. The fourth-order valence-corrected chi connectivity index (χ4v) is 1.79. The normalized spacial score (nSPS) is 11.9. The predicted octanol–water partition coefficient (Wildman–Crippen LogP) is 4.37. The number of nitrogens with zero attached hydrogens (tertiary/aromatic N) is 1. The molecule has 0 bridgehead atoms. The van der Waals surface area contributed by atoms with Gasteiger partial charge in [0.1, 0.15) is 11.2 Å². The van der Waals surface area contributed by atoms with E-state index in [9.17, 15) is 9.59 Å². The van der Waals surface area contributed by atoms with E-state index in [-0.39, 0.29) is 0 Å². The summed E-state index contributed by atoms with van der Waals surface area (Å²) in [6.45, 7) is 10.9. The molecule has 0 saturated heterocycles. The van der Waals surface area contributed by atoms with E-state index >= 15 is 0 Å². The summed E-state index contributed by atoms with van der Waals surface area (Å²) < 4.78 is 11.5. The molecule has 0 fully saturated rings. The zero-order valence-electron chi connectivity index (χ0n) is 13.3. The molecule has 0 aromatic heterocycles. The van der Waals surface area contributed by atoms with Gasteiger partial charge in [-0.2, -0.15) is 0 Å². The first-order chi connectivity index (χ1) is 8.96. The van der Waals surface area contributed by atoms with Crippen LogP contribution in [0.4, 0.5) is 9.59 Å². The summed E-state index contributed by atoms with van der Waals surface area (Å²) in [5.74, 6) is 0. The van der Waals surface area contributed by atoms with Crippen molar-refractivity contribution in [1.29, 1.82) is 0 Å². The second-order valence-electron chi connectivity index (χ2n) is 6.51. The maximum Gasteiger partial charge on any atom is 0.419 e. The number of rotatable bonds is 4. The molecule has 0 aromatic rings. The summed E-state index contributed by atoms with van der Waals surface area (Å²) in [5.41, 5.74) is -1.28. The molecule has 0 heterocycles. The zero-order chi connectivity index (χ0) is 16.0. The molecule has 0 aliphatic carbocycles. The topological polar surface area (TPSA) is 55.8 Å². The van der Waals surface area contributed by atoms with Gasteiger partial charge in [-0.1, -0.05) is 22.6 Å². The van der Waals surface area contributed by atoms with E-state index < -0.39 is 23.4 Å². The average Bonchev–Trinajstić information content (AvgIpc) is 2.18. The van der Waals surface area contributed by atoms with Gasteiger partial charge in [-0.05, 0) is 58.8 Å². The quantitative estimate of drug-likeness (QED) is 0.400. The summed E-state index contributed by atoms with van der Waals surface area (Å²) in [6.07, 6.45) is 0.366. The van der Waals surface area contributed by atoms with Crippen molar-refractivity contribution in [2.24, 2.45) is 0 Å². The standard InChI is InChI=1S/C14H26INO4/c1-13(2,3)19-11(17)16(10-8-7-9-15)12(18)20-14(4,5)6/h7-10H2,1-6H3. The highest BCUT2D eigenvalue weighted by molar-refractivity contribution is 14.1. The highest BCUT2D eigenvalue weighted by atomic mass is 127. The Bertz CT molecular complexity index is 303. The molecule has 20 heavy (non-hydrogen) atoms. The third-order valence-corrected chi connectivity index (χ3v) is 2.76. The van der Waals surface area contributed by atoms with Crippen LogP contribution in [0.2, 0.25) is 0 Å². The van der Waals surface area contributed by atoms with E-state index in [1.165, 1.54) is 0 Å². The molecule has 5 nitrogen and oxygen atoms in total. The number of carbonyl (C=O) groups is 2. The number of ether oxygens (including phenoxy) is 2. The highest BCUT2D eigenvalue weighted by Crippen LogP contribution is 2.15.